The van der Waals surface area contributed by atoms with Gasteiger partial charge in [0.25, 0.3) is 0 Å². The molecule has 0 radical (unpaired) electrons. The van der Waals surface area contributed by atoms with Crippen LogP contribution >= 0.6 is 0 Å². The summed E-state index contributed by atoms with van der Waals surface area (Å²) in [5.41, 5.74) is 0. The van der Waals surface area contributed by atoms with Crippen molar-refractivity contribution in [2.45, 2.75) is 72.2 Å². The molecule has 0 saturated carbocycles. The Hall–Kier alpha value is 0.137. The van der Waals surface area contributed by atoms with Gasteiger partial charge in [-0.25, -0.2) is 0 Å². The first kappa shape index (κ1) is 17.1. The van der Waals surface area contributed by atoms with Crippen LogP contribution in [0.1, 0.15) is 48.0 Å². The van der Waals surface area contributed by atoms with Gasteiger partial charge in [0.2, 0.25) is 0 Å². The molecule has 1 N–H and O–H groups in total. The van der Waals surface area contributed by atoms with Gasteiger partial charge in [-0.3, -0.25) is 0 Å². The third kappa shape index (κ3) is 5.10. The van der Waals surface area contributed by atoms with E-state index in [1.807, 2.05) is 0 Å². The van der Waals surface area contributed by atoms with Gasteiger partial charge in [0.15, 0.2) is 8.32 Å². The van der Waals surface area contributed by atoms with Crippen LogP contribution in [0.15, 0.2) is 0 Å². The van der Waals surface area contributed by atoms with E-state index in [-0.39, 0.29) is 17.7 Å². The monoisotopic (exact) mass is 260 g/mol. The van der Waals surface area contributed by atoms with Crippen molar-refractivity contribution < 1.29 is 9.53 Å². The van der Waals surface area contributed by atoms with Crippen LogP contribution in [-0.2, 0) is 4.43 Å². The van der Waals surface area contributed by atoms with Gasteiger partial charge >= 0.3 is 0 Å². The van der Waals surface area contributed by atoms with Gasteiger partial charge in [-0.2, -0.15) is 0 Å². The minimum Gasteiger partial charge on any atom is -0.413 e. The molecule has 0 aromatic heterocycles. The molecule has 17 heavy (non-hydrogen) atoms. The lowest BCUT2D eigenvalue weighted by Gasteiger charge is -2.42. The van der Waals surface area contributed by atoms with Crippen LogP contribution in [0.4, 0.5) is 0 Å². The van der Waals surface area contributed by atoms with Crippen molar-refractivity contribution in [3.05, 3.63) is 0 Å². The molecule has 0 aliphatic rings. The molecule has 0 bridgehead atoms. The predicted octanol–water partition coefficient (Wildman–Crippen LogP) is 4.05. The van der Waals surface area contributed by atoms with Crippen molar-refractivity contribution in [2.75, 3.05) is 6.61 Å². The van der Waals surface area contributed by atoms with Gasteiger partial charge in [-0.1, -0.05) is 41.5 Å². The average molecular weight is 260 g/mol. The second kappa shape index (κ2) is 6.35. The predicted molar refractivity (Wildman–Crippen MR) is 77.8 cm³/mol. The summed E-state index contributed by atoms with van der Waals surface area (Å²) in [5.74, 6) is 0.930. The fraction of sp³-hybridized carbons (Fsp3) is 1.00. The van der Waals surface area contributed by atoms with E-state index >= 15 is 0 Å². The van der Waals surface area contributed by atoms with Crippen molar-refractivity contribution in [3.63, 3.8) is 0 Å². The highest BCUT2D eigenvalue weighted by Gasteiger charge is 2.40. The molecule has 0 unspecified atom stereocenters. The molecule has 0 aliphatic carbocycles. The molecule has 0 aliphatic heterocycles. The average Bonchev–Trinajstić information content (AvgIpc) is 2.12. The van der Waals surface area contributed by atoms with Crippen molar-refractivity contribution in [3.8, 4) is 0 Å². The molecule has 2 atom stereocenters. The highest BCUT2D eigenvalue weighted by Crippen LogP contribution is 2.39. The molecule has 0 fully saturated rings. The van der Waals surface area contributed by atoms with Crippen molar-refractivity contribution in [2.24, 2.45) is 11.8 Å². The third-order valence-electron chi connectivity index (χ3n) is 4.04. The fourth-order valence-electron chi connectivity index (χ4n) is 1.79. The molecular weight excluding hydrogens is 228 g/mol. The number of hydrogen-bond donors (Lipinski definition) is 1. The smallest absolute Gasteiger partial charge is 0.192 e. The highest BCUT2D eigenvalue weighted by atomic mass is 28.4. The van der Waals surface area contributed by atoms with E-state index in [2.05, 4.69) is 54.6 Å². The van der Waals surface area contributed by atoms with Gasteiger partial charge in [-0.05, 0) is 36.4 Å². The molecular formula is C14H32O2Si. The van der Waals surface area contributed by atoms with E-state index in [1.54, 1.807) is 0 Å². The molecule has 2 nitrogen and oxygen atoms in total. The highest BCUT2D eigenvalue weighted by molar-refractivity contribution is 6.74. The minimum absolute atomic E-state index is 0.249. The normalized spacial score (nSPS) is 17.3. The van der Waals surface area contributed by atoms with Crippen LogP contribution in [0, 0.1) is 11.8 Å². The maximum Gasteiger partial charge on any atom is 0.192 e. The van der Waals surface area contributed by atoms with Gasteiger partial charge in [-0.15, -0.1) is 0 Å². The number of hydrogen-bond acceptors (Lipinski definition) is 2. The first-order chi connectivity index (χ1) is 7.53. The van der Waals surface area contributed by atoms with Crippen molar-refractivity contribution in [1.82, 2.24) is 0 Å². The van der Waals surface area contributed by atoms with E-state index in [0.717, 1.165) is 6.42 Å². The Morgan fingerprint density at radius 1 is 1.12 bits per heavy atom. The Bertz CT molecular complexity index is 219. The van der Waals surface area contributed by atoms with Crippen molar-refractivity contribution in [1.29, 1.82) is 0 Å². The van der Waals surface area contributed by atoms with Gasteiger partial charge in [0.1, 0.15) is 0 Å². The Labute approximate surface area is 109 Å². The Kier molecular flexibility index (Phi) is 6.40. The zero-order valence-electron chi connectivity index (χ0n) is 13.0. The zero-order chi connectivity index (χ0) is 13.9. The summed E-state index contributed by atoms with van der Waals surface area (Å²) in [7, 11) is -1.70. The summed E-state index contributed by atoms with van der Waals surface area (Å²) in [5, 5.41) is 9.33. The molecule has 3 heteroatoms. The largest absolute Gasteiger partial charge is 0.413 e. The quantitative estimate of drug-likeness (QED) is 0.730. The van der Waals surface area contributed by atoms with Crippen molar-refractivity contribution >= 4 is 8.32 Å². The van der Waals surface area contributed by atoms with Crippen LogP contribution in [0.2, 0.25) is 18.1 Å². The summed E-state index contributed by atoms with van der Waals surface area (Å²) in [6.07, 6.45) is 1.10. The zero-order valence-corrected chi connectivity index (χ0v) is 14.0. The standard InChI is InChI=1S/C14H32O2Si/c1-11(2)13(12(3)9-10-15)16-17(7,8)14(4,5)6/h11-13,15H,9-10H2,1-8H3/t12-,13+/m0/s1. The lowest BCUT2D eigenvalue weighted by Crippen LogP contribution is -2.47. The Balaban J connectivity index is 4.77. The van der Waals surface area contributed by atoms with E-state index in [0.29, 0.717) is 11.8 Å². The van der Waals surface area contributed by atoms with Gasteiger partial charge in [0, 0.05) is 12.7 Å². The summed E-state index contributed by atoms with van der Waals surface area (Å²) in [6.45, 7) is 18.3. The summed E-state index contributed by atoms with van der Waals surface area (Å²) >= 11 is 0. The van der Waals surface area contributed by atoms with Crippen LogP contribution in [0.5, 0.6) is 0 Å². The van der Waals surface area contributed by atoms with Gasteiger partial charge < -0.3 is 9.53 Å². The molecule has 0 aromatic carbocycles. The number of aliphatic hydroxyl groups excluding tert-OH is 1. The molecule has 0 rings (SSSR count). The van der Waals surface area contributed by atoms with Gasteiger partial charge in [0.05, 0.1) is 0 Å². The Morgan fingerprint density at radius 2 is 1.59 bits per heavy atom. The first-order valence-corrected chi connectivity index (χ1v) is 9.72. The maximum absolute atomic E-state index is 9.08. The maximum atomic E-state index is 9.08. The third-order valence-corrected chi connectivity index (χ3v) is 8.51. The number of aliphatic hydroxyl groups is 1. The topological polar surface area (TPSA) is 29.5 Å². The molecule has 104 valence electrons. The SMILES string of the molecule is CC(C)[C@@H](O[Si](C)(C)C(C)(C)C)[C@@H](C)CCO. The molecule has 0 heterocycles. The lowest BCUT2D eigenvalue weighted by atomic mass is 9.93. The lowest BCUT2D eigenvalue weighted by molar-refractivity contribution is 0.0690. The van der Waals surface area contributed by atoms with Crippen LogP contribution in [-0.4, -0.2) is 26.1 Å². The second-order valence-electron chi connectivity index (χ2n) is 7.08. The molecule has 0 saturated heterocycles. The van der Waals surface area contributed by atoms with Crippen LogP contribution in [0.25, 0.3) is 0 Å². The van der Waals surface area contributed by atoms with E-state index in [1.165, 1.54) is 0 Å². The van der Waals surface area contributed by atoms with Crippen LogP contribution in [0.3, 0.4) is 0 Å². The minimum atomic E-state index is -1.70. The summed E-state index contributed by atoms with van der Waals surface area (Å²) < 4.78 is 6.51. The summed E-state index contributed by atoms with van der Waals surface area (Å²) in [6, 6.07) is 0. The fourth-order valence-corrected chi connectivity index (χ4v) is 3.33. The molecule has 0 amide bonds. The van der Waals surface area contributed by atoms with E-state index in [4.69, 9.17) is 9.53 Å². The second-order valence-corrected chi connectivity index (χ2v) is 11.8. The molecule has 0 spiro atoms. The van der Waals surface area contributed by atoms with E-state index < -0.39 is 8.32 Å². The Morgan fingerprint density at radius 3 is 1.88 bits per heavy atom. The summed E-state index contributed by atoms with van der Waals surface area (Å²) in [4.78, 5) is 0. The molecule has 0 aromatic rings. The number of rotatable bonds is 6. The van der Waals surface area contributed by atoms with E-state index in [9.17, 15) is 0 Å². The first-order valence-electron chi connectivity index (χ1n) is 6.81. The van der Waals surface area contributed by atoms with Crippen LogP contribution < -0.4 is 0 Å².